The summed E-state index contributed by atoms with van der Waals surface area (Å²) in [7, 11) is 0. The lowest BCUT2D eigenvalue weighted by Gasteiger charge is -2.11. The van der Waals surface area contributed by atoms with E-state index in [0.717, 1.165) is 18.4 Å². The maximum absolute atomic E-state index is 10.8. The van der Waals surface area contributed by atoms with E-state index in [0.29, 0.717) is 18.3 Å². The van der Waals surface area contributed by atoms with Crippen LogP contribution in [0.5, 0.6) is 5.75 Å². The monoisotopic (exact) mass is 279 g/mol. The minimum atomic E-state index is -0.440. The van der Waals surface area contributed by atoms with Crippen molar-refractivity contribution in [1.29, 1.82) is 0 Å². The van der Waals surface area contributed by atoms with Gasteiger partial charge >= 0.3 is 0 Å². The number of ether oxygens (including phenoxy) is 1. The lowest BCUT2D eigenvalue weighted by atomic mass is 10.1. The summed E-state index contributed by atoms with van der Waals surface area (Å²) in [4.78, 5) is 21.0. The molecule has 0 heterocycles. The van der Waals surface area contributed by atoms with Crippen LogP contribution in [0.2, 0.25) is 0 Å². The van der Waals surface area contributed by atoms with Crippen molar-refractivity contribution in [2.24, 2.45) is 5.73 Å². The van der Waals surface area contributed by atoms with Crippen LogP contribution in [-0.2, 0) is 11.3 Å². The van der Waals surface area contributed by atoms with Crippen molar-refractivity contribution >= 4 is 11.6 Å². The van der Waals surface area contributed by atoms with Gasteiger partial charge in [-0.15, -0.1) is 0 Å². The Labute approximate surface area is 116 Å². The Bertz CT molecular complexity index is 514. The van der Waals surface area contributed by atoms with Gasteiger partial charge in [0.15, 0.2) is 0 Å². The van der Waals surface area contributed by atoms with Gasteiger partial charge in [0.25, 0.3) is 5.69 Å². The number of hydrogen-bond acceptors (Lipinski definition) is 5. The molecule has 2 rings (SSSR count). The van der Waals surface area contributed by atoms with Crippen molar-refractivity contribution in [3.63, 3.8) is 0 Å². The predicted octanol–water partition coefficient (Wildman–Crippen LogP) is 1.10. The van der Waals surface area contributed by atoms with Crippen molar-refractivity contribution in [3.8, 4) is 5.75 Å². The summed E-state index contributed by atoms with van der Waals surface area (Å²) < 4.78 is 5.47. The van der Waals surface area contributed by atoms with Gasteiger partial charge in [0.1, 0.15) is 5.75 Å². The van der Waals surface area contributed by atoms with E-state index in [2.05, 4.69) is 5.32 Å². The van der Waals surface area contributed by atoms with Crippen LogP contribution in [0.15, 0.2) is 18.2 Å². The second-order valence-corrected chi connectivity index (χ2v) is 4.77. The van der Waals surface area contributed by atoms with Crippen molar-refractivity contribution in [2.45, 2.75) is 31.8 Å². The average Bonchev–Trinajstić information content (AvgIpc) is 3.20. The van der Waals surface area contributed by atoms with Gasteiger partial charge in [-0.25, -0.2) is 0 Å². The number of nitrogens with one attached hydrogen (secondary N) is 1. The minimum absolute atomic E-state index is 0.0276. The Hall–Kier alpha value is -2.15. The molecule has 0 radical (unpaired) electrons. The molecular formula is C13H17N3O4. The molecule has 108 valence electrons. The number of amides is 1. The number of hydrogen-bond donors (Lipinski definition) is 2. The first kappa shape index (κ1) is 14.3. The number of carbonyl (C=O) groups is 1. The standard InChI is InChI=1S/C13H17N3O4/c14-13(17)5-6-20-12-4-3-11(16(18)19)7-9(12)8-15-10-1-2-10/h3-4,7,10,15H,1-2,5-6,8H2,(H2,14,17). The van der Waals surface area contributed by atoms with Crippen LogP contribution in [0.3, 0.4) is 0 Å². The van der Waals surface area contributed by atoms with Gasteiger partial charge in [-0.05, 0) is 18.9 Å². The van der Waals surface area contributed by atoms with Gasteiger partial charge in [-0.2, -0.15) is 0 Å². The third-order valence-corrected chi connectivity index (χ3v) is 3.02. The molecule has 1 aromatic carbocycles. The highest BCUT2D eigenvalue weighted by molar-refractivity contribution is 5.73. The van der Waals surface area contributed by atoms with Crippen LogP contribution in [0.1, 0.15) is 24.8 Å². The highest BCUT2D eigenvalue weighted by Crippen LogP contribution is 2.26. The number of nitro groups is 1. The van der Waals surface area contributed by atoms with Crippen molar-refractivity contribution in [3.05, 3.63) is 33.9 Å². The first-order chi connectivity index (χ1) is 9.56. The molecule has 0 bridgehead atoms. The zero-order valence-electron chi connectivity index (χ0n) is 11.0. The molecule has 0 unspecified atom stereocenters. The van der Waals surface area contributed by atoms with Gasteiger partial charge < -0.3 is 15.8 Å². The van der Waals surface area contributed by atoms with Crippen LogP contribution in [0.4, 0.5) is 5.69 Å². The van der Waals surface area contributed by atoms with Gasteiger partial charge in [-0.1, -0.05) is 0 Å². The number of carbonyl (C=O) groups excluding carboxylic acids is 1. The molecule has 3 N–H and O–H groups in total. The van der Waals surface area contributed by atoms with Crippen LogP contribution >= 0.6 is 0 Å². The van der Waals surface area contributed by atoms with E-state index in [9.17, 15) is 14.9 Å². The van der Waals surface area contributed by atoms with E-state index in [1.54, 1.807) is 6.07 Å². The van der Waals surface area contributed by atoms with Gasteiger partial charge in [0, 0.05) is 30.3 Å². The van der Waals surface area contributed by atoms with Crippen molar-refractivity contribution < 1.29 is 14.5 Å². The molecule has 1 amide bonds. The smallest absolute Gasteiger partial charge is 0.270 e. The second-order valence-electron chi connectivity index (χ2n) is 4.77. The van der Waals surface area contributed by atoms with Crippen molar-refractivity contribution in [2.75, 3.05) is 6.61 Å². The Morgan fingerprint density at radius 1 is 1.50 bits per heavy atom. The highest BCUT2D eigenvalue weighted by atomic mass is 16.6. The SMILES string of the molecule is NC(=O)CCOc1ccc([N+](=O)[O-])cc1CNC1CC1. The summed E-state index contributed by atoms with van der Waals surface area (Å²) in [5.41, 5.74) is 5.79. The fourth-order valence-corrected chi connectivity index (χ4v) is 1.76. The molecule has 0 saturated heterocycles. The quantitative estimate of drug-likeness (QED) is 0.547. The summed E-state index contributed by atoms with van der Waals surface area (Å²) in [6.45, 7) is 0.682. The van der Waals surface area contributed by atoms with Crippen LogP contribution < -0.4 is 15.8 Å². The predicted molar refractivity (Wildman–Crippen MR) is 72.3 cm³/mol. The summed E-state index contributed by atoms with van der Waals surface area (Å²) in [6, 6.07) is 4.94. The number of nitrogens with two attached hydrogens (primary N) is 1. The first-order valence-corrected chi connectivity index (χ1v) is 6.48. The number of nitro benzene ring substituents is 1. The molecule has 0 aliphatic heterocycles. The Balaban J connectivity index is 2.05. The normalized spacial score (nSPS) is 14.0. The summed E-state index contributed by atoms with van der Waals surface area (Å²) in [6.07, 6.45) is 2.38. The Morgan fingerprint density at radius 2 is 2.25 bits per heavy atom. The van der Waals surface area contributed by atoms with E-state index in [1.165, 1.54) is 12.1 Å². The number of rotatable bonds is 8. The number of primary amides is 1. The fraction of sp³-hybridized carbons (Fsp3) is 0.462. The van der Waals surface area contributed by atoms with Gasteiger partial charge in [0.2, 0.25) is 5.91 Å². The zero-order chi connectivity index (χ0) is 14.5. The topological polar surface area (TPSA) is 107 Å². The second kappa shape index (κ2) is 6.33. The lowest BCUT2D eigenvalue weighted by Crippen LogP contribution is -2.18. The number of non-ortho nitro benzene ring substituents is 1. The third kappa shape index (κ3) is 4.20. The Kier molecular flexibility index (Phi) is 4.52. The van der Waals surface area contributed by atoms with Crippen molar-refractivity contribution in [1.82, 2.24) is 5.32 Å². The molecule has 7 heteroatoms. The average molecular weight is 279 g/mol. The van der Waals surface area contributed by atoms with Crippen LogP contribution in [0.25, 0.3) is 0 Å². The summed E-state index contributed by atoms with van der Waals surface area (Å²) in [5, 5.41) is 14.1. The van der Waals surface area contributed by atoms with Gasteiger partial charge in [0.05, 0.1) is 18.0 Å². The molecule has 0 atom stereocenters. The maximum Gasteiger partial charge on any atom is 0.270 e. The first-order valence-electron chi connectivity index (χ1n) is 6.48. The maximum atomic E-state index is 10.8. The molecular weight excluding hydrogens is 262 g/mol. The number of benzene rings is 1. The Morgan fingerprint density at radius 3 is 2.85 bits per heavy atom. The summed E-state index contributed by atoms with van der Waals surface area (Å²) >= 11 is 0. The van der Waals surface area contributed by atoms with Crippen LogP contribution in [-0.4, -0.2) is 23.5 Å². The molecule has 0 spiro atoms. The molecule has 0 aromatic heterocycles. The van der Waals surface area contributed by atoms with E-state index >= 15 is 0 Å². The molecule has 1 aromatic rings. The largest absolute Gasteiger partial charge is 0.493 e. The molecule has 1 fully saturated rings. The third-order valence-electron chi connectivity index (χ3n) is 3.02. The highest BCUT2D eigenvalue weighted by Gasteiger charge is 2.21. The van der Waals surface area contributed by atoms with Gasteiger partial charge in [-0.3, -0.25) is 14.9 Å². The van der Waals surface area contributed by atoms with E-state index in [-0.39, 0.29) is 18.7 Å². The zero-order valence-corrected chi connectivity index (χ0v) is 11.0. The number of nitrogens with zero attached hydrogens (tertiary/aromatic N) is 1. The molecule has 1 aliphatic rings. The summed E-state index contributed by atoms with van der Waals surface area (Å²) in [5.74, 6) is 0.106. The van der Waals surface area contributed by atoms with Crippen LogP contribution in [0, 0.1) is 10.1 Å². The molecule has 20 heavy (non-hydrogen) atoms. The minimum Gasteiger partial charge on any atom is -0.493 e. The van der Waals surface area contributed by atoms with E-state index in [4.69, 9.17) is 10.5 Å². The van der Waals surface area contributed by atoms with E-state index < -0.39 is 10.8 Å². The molecule has 7 nitrogen and oxygen atoms in total. The fourth-order valence-electron chi connectivity index (χ4n) is 1.76. The van der Waals surface area contributed by atoms with E-state index in [1.807, 2.05) is 0 Å². The lowest BCUT2D eigenvalue weighted by molar-refractivity contribution is -0.384. The molecule has 1 saturated carbocycles. The molecule has 1 aliphatic carbocycles.